The van der Waals surface area contributed by atoms with Crippen molar-refractivity contribution in [1.29, 1.82) is 0 Å². The van der Waals surface area contributed by atoms with Crippen molar-refractivity contribution in [2.75, 3.05) is 13.2 Å². The summed E-state index contributed by atoms with van der Waals surface area (Å²) in [7, 11) is 0. The summed E-state index contributed by atoms with van der Waals surface area (Å²) in [5, 5.41) is 13.3. The van der Waals surface area contributed by atoms with Gasteiger partial charge in [0.05, 0.1) is 19.2 Å². The van der Waals surface area contributed by atoms with Crippen LogP contribution >= 0.6 is 0 Å². The molecule has 0 unspecified atom stereocenters. The maximum absolute atomic E-state index is 13.3. The Kier molecular flexibility index (Phi) is 6.70. The van der Waals surface area contributed by atoms with Crippen LogP contribution in [0.4, 0.5) is 4.39 Å². The van der Waals surface area contributed by atoms with E-state index in [1.807, 2.05) is 19.1 Å². The zero-order chi connectivity index (χ0) is 24.4. The summed E-state index contributed by atoms with van der Waals surface area (Å²) < 4.78 is 20.9. The monoisotopic (exact) mass is 476 g/mol. The Hall–Kier alpha value is -3.43. The van der Waals surface area contributed by atoms with Gasteiger partial charge < -0.3 is 9.72 Å². The number of hydrogen-bond donors (Lipinski definition) is 1. The average molecular weight is 477 g/mol. The maximum Gasteiger partial charge on any atom is 0.252 e. The molecule has 0 radical (unpaired) electrons. The van der Waals surface area contributed by atoms with E-state index in [0.29, 0.717) is 37.6 Å². The zero-order valence-corrected chi connectivity index (χ0v) is 20.0. The first-order valence-corrected chi connectivity index (χ1v) is 11.9. The standard InChI is InChI=1S/C26H29FN6O2/c1-17-10-18(2)23-12-20(26(34)28-24(23)11-17)14-32(15-22-4-3-9-35-22)16-25-29-30-31-33(25)13-19-5-7-21(27)8-6-19/h5-8,10-12,22H,3-4,9,13-16H2,1-2H3,(H,28,34)/t22-/m0/s1. The van der Waals surface area contributed by atoms with Crippen LogP contribution in [0.2, 0.25) is 0 Å². The molecule has 1 N–H and O–H groups in total. The van der Waals surface area contributed by atoms with Gasteiger partial charge in [-0.15, -0.1) is 5.10 Å². The van der Waals surface area contributed by atoms with Crippen molar-refractivity contribution in [3.8, 4) is 0 Å². The average Bonchev–Trinajstić information content (AvgIpc) is 3.48. The summed E-state index contributed by atoms with van der Waals surface area (Å²) >= 11 is 0. The fraction of sp³-hybridized carbons (Fsp3) is 0.385. The number of rotatable bonds is 8. The van der Waals surface area contributed by atoms with Crippen LogP contribution in [0.3, 0.4) is 0 Å². The van der Waals surface area contributed by atoms with Crippen molar-refractivity contribution in [3.63, 3.8) is 0 Å². The lowest BCUT2D eigenvalue weighted by atomic mass is 10.0. The summed E-state index contributed by atoms with van der Waals surface area (Å²) in [5.41, 5.74) is 4.61. The number of aromatic nitrogens is 5. The van der Waals surface area contributed by atoms with Crippen molar-refractivity contribution in [2.24, 2.45) is 0 Å². The van der Waals surface area contributed by atoms with Gasteiger partial charge in [-0.3, -0.25) is 9.69 Å². The van der Waals surface area contributed by atoms with Crippen LogP contribution in [0.25, 0.3) is 10.9 Å². The van der Waals surface area contributed by atoms with E-state index in [4.69, 9.17) is 4.74 Å². The number of pyridine rings is 1. The van der Waals surface area contributed by atoms with Crippen LogP contribution in [0, 0.1) is 19.7 Å². The third-order valence-electron chi connectivity index (χ3n) is 6.49. The van der Waals surface area contributed by atoms with Gasteiger partial charge in [-0.2, -0.15) is 0 Å². The number of nitrogens with zero attached hydrogens (tertiary/aromatic N) is 5. The Morgan fingerprint density at radius 3 is 2.77 bits per heavy atom. The predicted octanol–water partition coefficient (Wildman–Crippen LogP) is 3.50. The summed E-state index contributed by atoms with van der Waals surface area (Å²) in [4.78, 5) is 18.2. The molecule has 0 amide bonds. The number of benzene rings is 2. The van der Waals surface area contributed by atoms with Crippen molar-refractivity contribution >= 4 is 10.9 Å². The van der Waals surface area contributed by atoms with E-state index in [0.717, 1.165) is 47.0 Å². The molecule has 0 saturated carbocycles. The number of tetrazole rings is 1. The highest BCUT2D eigenvalue weighted by atomic mass is 19.1. The number of ether oxygens (including phenoxy) is 1. The third-order valence-corrected chi connectivity index (χ3v) is 6.49. The summed E-state index contributed by atoms with van der Waals surface area (Å²) in [6.45, 7) is 6.86. The molecule has 3 heterocycles. The number of nitrogens with one attached hydrogen (secondary N) is 1. The molecule has 182 valence electrons. The van der Waals surface area contributed by atoms with Crippen LogP contribution in [-0.4, -0.2) is 49.3 Å². The Balaban J connectivity index is 1.41. The minimum atomic E-state index is -0.278. The Bertz CT molecular complexity index is 1380. The van der Waals surface area contributed by atoms with Gasteiger partial charge in [0.1, 0.15) is 5.82 Å². The first kappa shape index (κ1) is 23.3. The van der Waals surface area contributed by atoms with E-state index in [1.54, 1.807) is 16.8 Å². The first-order chi connectivity index (χ1) is 16.9. The molecular formula is C26H29FN6O2. The molecule has 1 saturated heterocycles. The normalized spacial score (nSPS) is 15.9. The lowest BCUT2D eigenvalue weighted by Gasteiger charge is -2.24. The first-order valence-electron chi connectivity index (χ1n) is 11.9. The van der Waals surface area contributed by atoms with Gasteiger partial charge in [0.25, 0.3) is 5.56 Å². The molecule has 1 fully saturated rings. The number of halogens is 1. The van der Waals surface area contributed by atoms with Crippen LogP contribution in [0.5, 0.6) is 0 Å². The largest absolute Gasteiger partial charge is 0.377 e. The maximum atomic E-state index is 13.3. The van der Waals surface area contributed by atoms with Crippen molar-refractivity contribution in [2.45, 2.75) is 52.4 Å². The fourth-order valence-corrected chi connectivity index (χ4v) is 4.76. The van der Waals surface area contributed by atoms with Crippen molar-refractivity contribution < 1.29 is 9.13 Å². The molecule has 1 atom stereocenters. The third kappa shape index (κ3) is 5.47. The van der Waals surface area contributed by atoms with E-state index < -0.39 is 0 Å². The summed E-state index contributed by atoms with van der Waals surface area (Å²) in [6, 6.07) is 12.4. The highest BCUT2D eigenvalue weighted by Crippen LogP contribution is 2.21. The van der Waals surface area contributed by atoms with Gasteiger partial charge in [0, 0.05) is 36.2 Å². The number of fused-ring (bicyclic) bond motifs is 1. The zero-order valence-electron chi connectivity index (χ0n) is 20.0. The molecular weight excluding hydrogens is 447 g/mol. The second-order valence-electron chi connectivity index (χ2n) is 9.35. The van der Waals surface area contributed by atoms with Gasteiger partial charge in [-0.1, -0.05) is 18.2 Å². The van der Waals surface area contributed by atoms with E-state index in [-0.39, 0.29) is 17.5 Å². The molecule has 5 rings (SSSR count). The van der Waals surface area contributed by atoms with E-state index in [2.05, 4.69) is 38.4 Å². The molecule has 1 aliphatic rings. The highest BCUT2D eigenvalue weighted by molar-refractivity contribution is 5.83. The molecule has 2 aromatic carbocycles. The molecule has 2 aromatic heterocycles. The number of aromatic amines is 1. The Labute approximate surface area is 202 Å². The van der Waals surface area contributed by atoms with Crippen molar-refractivity contribution in [3.05, 3.63) is 86.7 Å². The Morgan fingerprint density at radius 1 is 1.17 bits per heavy atom. The topological polar surface area (TPSA) is 88.9 Å². The molecule has 0 bridgehead atoms. The molecule has 0 spiro atoms. The highest BCUT2D eigenvalue weighted by Gasteiger charge is 2.22. The minimum absolute atomic E-state index is 0.0919. The fourth-order valence-electron chi connectivity index (χ4n) is 4.76. The van der Waals surface area contributed by atoms with Gasteiger partial charge >= 0.3 is 0 Å². The second kappa shape index (κ2) is 10.1. The van der Waals surface area contributed by atoms with Crippen LogP contribution < -0.4 is 5.56 Å². The lowest BCUT2D eigenvalue weighted by molar-refractivity contribution is 0.0663. The molecule has 9 heteroatoms. The van der Waals surface area contributed by atoms with Gasteiger partial charge in [0.2, 0.25) is 0 Å². The van der Waals surface area contributed by atoms with Crippen LogP contribution in [0.1, 0.15) is 40.9 Å². The second-order valence-corrected chi connectivity index (χ2v) is 9.35. The van der Waals surface area contributed by atoms with Crippen molar-refractivity contribution in [1.82, 2.24) is 30.1 Å². The van der Waals surface area contributed by atoms with E-state index in [9.17, 15) is 9.18 Å². The minimum Gasteiger partial charge on any atom is -0.377 e. The van der Waals surface area contributed by atoms with E-state index in [1.165, 1.54) is 12.1 Å². The van der Waals surface area contributed by atoms with Crippen LogP contribution in [-0.2, 0) is 24.4 Å². The number of H-pyrrole nitrogens is 1. The molecule has 4 aromatic rings. The van der Waals surface area contributed by atoms with Gasteiger partial charge in [0.15, 0.2) is 5.82 Å². The number of aryl methyl sites for hydroxylation is 2. The Morgan fingerprint density at radius 2 is 2.00 bits per heavy atom. The number of hydrogen-bond acceptors (Lipinski definition) is 6. The molecule has 35 heavy (non-hydrogen) atoms. The summed E-state index contributed by atoms with van der Waals surface area (Å²) in [6.07, 6.45) is 2.14. The summed E-state index contributed by atoms with van der Waals surface area (Å²) in [5.74, 6) is 0.399. The predicted molar refractivity (Wildman–Crippen MR) is 130 cm³/mol. The lowest BCUT2D eigenvalue weighted by Crippen LogP contribution is -2.34. The van der Waals surface area contributed by atoms with Gasteiger partial charge in [-0.25, -0.2) is 9.07 Å². The quantitative estimate of drug-likeness (QED) is 0.419. The molecule has 0 aliphatic carbocycles. The van der Waals surface area contributed by atoms with Crippen LogP contribution in [0.15, 0.2) is 47.3 Å². The molecule has 8 nitrogen and oxygen atoms in total. The SMILES string of the molecule is Cc1cc(C)c2cc(CN(Cc3nnnn3Cc3ccc(F)cc3)C[C@@H]3CCCO3)c(=O)[nH]c2c1. The smallest absolute Gasteiger partial charge is 0.252 e. The molecule has 1 aliphatic heterocycles. The van der Waals surface area contributed by atoms with E-state index >= 15 is 0 Å². The van der Waals surface area contributed by atoms with Gasteiger partial charge in [-0.05, 0) is 78.1 Å².